The summed E-state index contributed by atoms with van der Waals surface area (Å²) in [6.07, 6.45) is -8.16. The number of aliphatic hydroxyl groups excluding tert-OH is 3. The molecule has 0 bridgehead atoms. The van der Waals surface area contributed by atoms with Crippen LogP contribution in [0.1, 0.15) is 140 Å². The van der Waals surface area contributed by atoms with Crippen LogP contribution in [-0.2, 0) is 105 Å². The molecule has 0 spiro atoms. The van der Waals surface area contributed by atoms with Crippen molar-refractivity contribution in [3.8, 4) is 17.6 Å². The Morgan fingerprint density at radius 1 is 0.544 bits per heavy atom. The van der Waals surface area contributed by atoms with Gasteiger partial charge in [0.1, 0.15) is 89.7 Å². The molecular weight excluding hydrogens is 1920 g/mol. The van der Waals surface area contributed by atoms with Crippen molar-refractivity contribution >= 4 is 148 Å². The van der Waals surface area contributed by atoms with Crippen molar-refractivity contribution in [3.63, 3.8) is 0 Å². The predicted octanol–water partition coefficient (Wildman–Crippen LogP) is 4.12. The van der Waals surface area contributed by atoms with Crippen molar-refractivity contribution in [2.24, 2.45) is 0 Å². The number of hydrogen-bond acceptors (Lipinski definition) is 47. The third-order valence-electron chi connectivity index (χ3n) is 21.0. The SMILES string of the molecule is COC(=O)NC(CSP(=O)(NC(C)C(=O)OC(C)C)OC[C@H]1OC(n2cnc3c(OC)nc(N)nc32)[C@](C)(O)[C@@H]1O)C(=O)OC(C)C.COC(=O)NC(CSP(=O)(N[C@H](C)C(=O)OC(C)C)OC[C@H]1OC(n2cnc3c(OC)nc(N)nc32)[C@](C)(O)[C@@H]1O)C(=O)OC(C)C.COc1nc(N)nc2c1ncn2[C@@H]1OC(CO[P@]2(=O)NC(C(=O)OC3CCCC3)Cc3ccccc3S2)[C@@H](O)[C@@]1(C)O. The first-order valence-electron chi connectivity index (χ1n) is 42.6. The van der Waals surface area contributed by atoms with Gasteiger partial charge >= 0.3 is 62.2 Å². The van der Waals surface area contributed by atoms with Gasteiger partial charge < -0.3 is 134 Å². The Morgan fingerprint density at radius 2 is 0.890 bits per heavy atom. The van der Waals surface area contributed by atoms with E-state index in [0.717, 1.165) is 56.8 Å². The predicted molar refractivity (Wildman–Crippen MR) is 486 cm³/mol. The summed E-state index contributed by atoms with van der Waals surface area (Å²) in [5, 5.41) is 80.0. The molecule has 10 heterocycles. The van der Waals surface area contributed by atoms with Gasteiger partial charge in [0.05, 0.1) is 98.8 Å². The molecule has 2 amide bonds. The second-order valence-corrected chi connectivity index (χ2v) is 46.0. The lowest BCUT2D eigenvalue weighted by atomic mass is 9.96. The number of amides is 2. The van der Waals surface area contributed by atoms with E-state index in [2.05, 4.69) is 80.2 Å². The molecule has 58 heteroatoms. The standard InChI is InChI=1S/2C26H42N7O12PS.C26H33N6O8PS/c2*1-12(2)43-21(35)14(5)32-46(39,47-10-15(29-25(37)41-8)22(36)44-13(3)4)42-9-16-18(34)26(6,38)23(45-16)33-11-28-17-19(33)30-24(27)31-20(17)40-7;1-26(35)20(33)17(40-24(26)32-13-28-19-21(32)29-25(27)30-22(19)37-2)12-38-41(36)31-16(23(34)39-15-8-4-5-9-15)11-14-7-3-6-10-18(14)42-41/h2*11-16,18,23,34,38H,9-10H2,1-8H3,(H,29,37)(H,32,39)(H2,27,30,31);3,6-7,10,13,15-17,20,24,33,35H,4-5,8-9,11-12H2,1-2H3,(H,31,36)(H2,27,29,30)/t14?,15?,16-,18-,23?,26-,46?;14-,15?,16-,18-,23?,26-,46?;16?,17?,20-,24-,26-,41-/m111/s1. The van der Waals surface area contributed by atoms with Crippen LogP contribution in [0.5, 0.6) is 17.6 Å². The van der Waals surface area contributed by atoms with E-state index >= 15 is 0 Å². The molecule has 3 saturated heterocycles. The fraction of sp³-hybridized carbons (Fsp3) is 0.641. The fourth-order valence-corrected chi connectivity index (χ4v) is 26.0. The fourth-order valence-electron chi connectivity index (χ4n) is 14.3. The summed E-state index contributed by atoms with van der Waals surface area (Å²) in [5.41, 5.74) is 13.8. The number of nitrogens with one attached hydrogen (secondary N) is 5. The number of fused-ring (bicyclic) bond motifs is 4. The van der Waals surface area contributed by atoms with Crippen LogP contribution in [0.4, 0.5) is 27.4 Å². The molecule has 4 aliphatic heterocycles. The van der Waals surface area contributed by atoms with Gasteiger partial charge in [0.2, 0.25) is 35.5 Å². The largest absolute Gasteiger partial charge is 0.479 e. The summed E-state index contributed by atoms with van der Waals surface area (Å²) in [6.45, 7) is 6.15. The van der Waals surface area contributed by atoms with Crippen LogP contribution in [-0.4, -0.2) is 312 Å². The molecule has 1 aliphatic carbocycles. The van der Waals surface area contributed by atoms with Crippen LogP contribution >= 0.6 is 54.3 Å². The molecule has 12 rings (SSSR count). The number of rotatable bonds is 37. The maximum atomic E-state index is 14.2. The number of benzene rings is 1. The number of alkyl carbamates (subject to hydrolysis) is 2. The minimum Gasteiger partial charge on any atom is -0.479 e. The third-order valence-corrected chi connectivity index (χ3v) is 33.1. The Kier molecular flexibility index (Phi) is 36.9. The minimum absolute atomic E-state index is 0.0741. The number of anilines is 3. The van der Waals surface area contributed by atoms with Gasteiger partial charge in [-0.3, -0.25) is 41.8 Å². The zero-order chi connectivity index (χ0) is 100. The van der Waals surface area contributed by atoms with Gasteiger partial charge in [0.25, 0.3) is 0 Å². The van der Waals surface area contributed by atoms with Crippen molar-refractivity contribution in [1.82, 2.24) is 84.5 Å². The van der Waals surface area contributed by atoms with Crippen molar-refractivity contribution in [1.29, 1.82) is 0 Å². The number of nitrogens with zero attached hydrogens (tertiary/aromatic N) is 12. The van der Waals surface area contributed by atoms with Gasteiger partial charge in [-0.25, -0.2) is 49.4 Å². The Hall–Kier alpha value is -9.30. The zero-order valence-electron chi connectivity index (χ0n) is 77.5. The van der Waals surface area contributed by atoms with E-state index in [1.165, 1.54) is 88.6 Å². The van der Waals surface area contributed by atoms with Crippen LogP contribution in [0.25, 0.3) is 33.5 Å². The van der Waals surface area contributed by atoms with E-state index in [4.69, 9.17) is 82.9 Å². The Balaban J connectivity index is 0.000000211. The molecule has 1 aromatic carbocycles. The lowest BCUT2D eigenvalue weighted by Crippen LogP contribution is -2.45. The van der Waals surface area contributed by atoms with E-state index < -0.39 is 202 Å². The molecule has 52 nitrogen and oxygen atoms in total. The summed E-state index contributed by atoms with van der Waals surface area (Å²) in [6, 6.07) is 1.50. The van der Waals surface area contributed by atoms with E-state index in [0.29, 0.717) is 27.7 Å². The zero-order valence-corrected chi connectivity index (χ0v) is 82.7. The summed E-state index contributed by atoms with van der Waals surface area (Å²) < 4.78 is 134. The van der Waals surface area contributed by atoms with Crippen LogP contribution in [0, 0.1) is 0 Å². The molecule has 5 aliphatic rings. The second-order valence-electron chi connectivity index (χ2n) is 33.3. The van der Waals surface area contributed by atoms with Gasteiger partial charge in [-0.05, 0) is 139 Å². The van der Waals surface area contributed by atoms with Crippen LogP contribution in [0.2, 0.25) is 0 Å². The normalized spacial score (nSPS) is 26.1. The number of nitrogens with two attached hydrogens (primary N) is 3. The van der Waals surface area contributed by atoms with Crippen LogP contribution in [0.15, 0.2) is 48.1 Å². The van der Waals surface area contributed by atoms with Gasteiger partial charge in [-0.2, -0.15) is 29.9 Å². The first-order valence-corrected chi connectivity index (χ1v) is 52.0. The molecular formula is C78H117N20O32P3S3. The number of carbonyl (C=O) groups is 7. The number of carbonyl (C=O) groups excluding carboxylic acids is 7. The van der Waals surface area contributed by atoms with Gasteiger partial charge in [0, 0.05) is 22.8 Å². The van der Waals surface area contributed by atoms with Gasteiger partial charge in [-0.1, -0.05) is 41.0 Å². The highest BCUT2D eigenvalue weighted by Gasteiger charge is 2.58. The number of hydrogen-bond donors (Lipinski definition) is 14. The molecule has 754 valence electrons. The van der Waals surface area contributed by atoms with Crippen molar-refractivity contribution < 1.29 is 153 Å². The topological polar surface area (TPSA) is 709 Å². The van der Waals surface area contributed by atoms with Crippen molar-refractivity contribution in [2.75, 3.05) is 84.1 Å². The molecule has 7 aromatic rings. The summed E-state index contributed by atoms with van der Waals surface area (Å²) in [4.78, 5) is 126. The van der Waals surface area contributed by atoms with E-state index in [1.807, 2.05) is 24.3 Å². The first-order chi connectivity index (χ1) is 63.9. The number of aromatic nitrogens is 12. The highest BCUT2D eigenvalue weighted by molar-refractivity contribution is 8.56. The molecule has 4 fully saturated rings. The minimum atomic E-state index is -4.19. The molecule has 0 radical (unpaired) electrons. The average molecular weight is 2040 g/mol. The maximum absolute atomic E-state index is 14.2. The summed E-state index contributed by atoms with van der Waals surface area (Å²) in [5.74, 6) is -4.38. The van der Waals surface area contributed by atoms with Gasteiger partial charge in [0.15, 0.2) is 52.2 Å². The molecule has 1 saturated carbocycles. The van der Waals surface area contributed by atoms with Crippen LogP contribution in [0.3, 0.4) is 0 Å². The number of ether oxygens (including phenoxy) is 13. The lowest BCUT2D eigenvalue weighted by Gasteiger charge is -2.27. The monoisotopic (exact) mass is 2030 g/mol. The Morgan fingerprint density at radius 3 is 1.24 bits per heavy atom. The maximum Gasteiger partial charge on any atom is 0.407 e. The smallest absolute Gasteiger partial charge is 0.407 e. The number of imidazole rings is 3. The number of nitrogen functional groups attached to an aromatic ring is 3. The molecule has 20 atom stereocenters. The Labute approximate surface area is 791 Å². The summed E-state index contributed by atoms with van der Waals surface area (Å²) >= 11 is 2.15. The molecule has 136 heavy (non-hydrogen) atoms. The van der Waals surface area contributed by atoms with Crippen LogP contribution < -0.4 is 57.3 Å². The highest BCUT2D eigenvalue weighted by Crippen LogP contribution is 2.63. The highest BCUT2D eigenvalue weighted by atomic mass is 32.7. The van der Waals surface area contributed by atoms with E-state index in [-0.39, 0.29) is 99.6 Å². The van der Waals surface area contributed by atoms with E-state index in [9.17, 15) is 77.9 Å². The molecule has 9 unspecified atom stereocenters. The van der Waals surface area contributed by atoms with Crippen molar-refractivity contribution in [3.05, 3.63) is 48.8 Å². The quantitative estimate of drug-likeness (QED) is 0.0148. The average Bonchev–Trinajstić information content (AvgIpc) is 1.60. The number of aliphatic hydroxyl groups is 6. The Bertz CT molecular complexity index is 5310. The second kappa shape index (κ2) is 46.2. The van der Waals surface area contributed by atoms with Gasteiger partial charge in [-0.15, -0.1) is 0 Å². The number of esters is 5. The number of methoxy groups -OCH3 is 5. The molecule has 17 N–H and O–H groups in total. The summed E-state index contributed by atoms with van der Waals surface area (Å²) in [7, 11) is 6.36. The first kappa shape index (κ1) is 109. The molecule has 6 aromatic heterocycles. The third kappa shape index (κ3) is 26.6. The lowest BCUT2D eigenvalue weighted by molar-refractivity contribution is -0.151. The van der Waals surface area contributed by atoms with Crippen molar-refractivity contribution in [2.45, 2.75) is 260 Å². The van der Waals surface area contributed by atoms with E-state index in [1.54, 1.807) is 55.4 Å².